The van der Waals surface area contributed by atoms with Crippen molar-refractivity contribution < 1.29 is 4.74 Å². The Labute approximate surface area is 104 Å². The zero-order valence-electron chi connectivity index (χ0n) is 10.8. The Morgan fingerprint density at radius 2 is 2.24 bits per heavy atom. The molecule has 94 valence electrons. The quantitative estimate of drug-likeness (QED) is 0.865. The molecular weight excluding hydrogens is 212 g/mol. The lowest BCUT2D eigenvalue weighted by molar-refractivity contribution is 0.402. The number of nitrogens with zero attached hydrogens (tertiary/aromatic N) is 1. The number of hydrogen-bond donors (Lipinski definition) is 1. The second-order valence-electron chi connectivity index (χ2n) is 4.67. The summed E-state index contributed by atoms with van der Waals surface area (Å²) in [6, 6.07) is 4.41. The predicted molar refractivity (Wildman–Crippen MR) is 72.0 cm³/mol. The van der Waals surface area contributed by atoms with Gasteiger partial charge in [-0.05, 0) is 43.9 Å². The summed E-state index contributed by atoms with van der Waals surface area (Å²) in [7, 11) is 3.92. The zero-order chi connectivity index (χ0) is 12.3. The highest BCUT2D eigenvalue weighted by Crippen LogP contribution is 2.36. The van der Waals surface area contributed by atoms with E-state index in [9.17, 15) is 0 Å². The molecule has 17 heavy (non-hydrogen) atoms. The van der Waals surface area contributed by atoms with E-state index in [-0.39, 0.29) is 0 Å². The first-order valence-electron chi connectivity index (χ1n) is 6.38. The average molecular weight is 234 g/mol. The lowest BCUT2D eigenvalue weighted by Gasteiger charge is -2.29. The van der Waals surface area contributed by atoms with Crippen LogP contribution < -0.4 is 15.4 Å². The summed E-state index contributed by atoms with van der Waals surface area (Å²) >= 11 is 0. The van der Waals surface area contributed by atoms with Crippen LogP contribution in [-0.2, 0) is 12.8 Å². The van der Waals surface area contributed by atoms with Gasteiger partial charge in [-0.15, -0.1) is 0 Å². The second kappa shape index (κ2) is 5.41. The molecule has 0 aromatic heterocycles. The zero-order valence-corrected chi connectivity index (χ0v) is 10.8. The molecule has 0 saturated heterocycles. The molecule has 1 aromatic carbocycles. The van der Waals surface area contributed by atoms with Crippen molar-refractivity contribution in [2.45, 2.75) is 25.7 Å². The van der Waals surface area contributed by atoms with E-state index in [4.69, 9.17) is 10.5 Å². The number of fused-ring (bicyclic) bond motifs is 1. The molecule has 1 aliphatic rings. The van der Waals surface area contributed by atoms with Crippen LogP contribution in [0.15, 0.2) is 12.1 Å². The third kappa shape index (κ3) is 2.39. The highest BCUT2D eigenvalue weighted by atomic mass is 16.5. The normalized spacial score (nSPS) is 14.6. The van der Waals surface area contributed by atoms with Crippen molar-refractivity contribution in [2.24, 2.45) is 5.73 Å². The van der Waals surface area contributed by atoms with Crippen molar-refractivity contribution >= 4 is 5.69 Å². The Bertz CT molecular complexity index is 390. The molecule has 0 radical (unpaired) electrons. The van der Waals surface area contributed by atoms with Gasteiger partial charge in [0.15, 0.2) is 0 Å². The van der Waals surface area contributed by atoms with E-state index in [0.29, 0.717) is 0 Å². The third-order valence-electron chi connectivity index (χ3n) is 3.50. The first kappa shape index (κ1) is 12.2. The number of methoxy groups -OCH3 is 1. The number of nitrogens with two attached hydrogens (primary N) is 1. The molecule has 0 saturated carbocycles. The molecule has 0 spiro atoms. The highest BCUT2D eigenvalue weighted by molar-refractivity contribution is 5.63. The van der Waals surface area contributed by atoms with Crippen molar-refractivity contribution in [3.05, 3.63) is 23.3 Å². The Balaban J connectivity index is 2.37. The van der Waals surface area contributed by atoms with Crippen LogP contribution in [0.25, 0.3) is 0 Å². The van der Waals surface area contributed by atoms with Crippen molar-refractivity contribution in [1.29, 1.82) is 0 Å². The van der Waals surface area contributed by atoms with Gasteiger partial charge in [-0.1, -0.05) is 6.07 Å². The van der Waals surface area contributed by atoms with E-state index >= 15 is 0 Å². The maximum absolute atomic E-state index is 5.62. The molecule has 0 fully saturated rings. The predicted octanol–water partition coefficient (Wildman–Crippen LogP) is 1.97. The van der Waals surface area contributed by atoms with Crippen LogP contribution in [0.3, 0.4) is 0 Å². The summed E-state index contributed by atoms with van der Waals surface area (Å²) < 4.78 is 5.62. The molecule has 0 atom stereocenters. The number of benzene rings is 1. The van der Waals surface area contributed by atoms with Crippen LogP contribution in [0.2, 0.25) is 0 Å². The molecule has 3 heteroatoms. The number of ether oxygens (including phenoxy) is 1. The molecule has 1 heterocycles. The molecule has 0 amide bonds. The first-order valence-corrected chi connectivity index (χ1v) is 6.38. The van der Waals surface area contributed by atoms with Crippen LogP contribution in [-0.4, -0.2) is 27.2 Å². The fourth-order valence-corrected chi connectivity index (χ4v) is 2.62. The fourth-order valence-electron chi connectivity index (χ4n) is 2.62. The molecule has 1 aromatic rings. The van der Waals surface area contributed by atoms with Crippen molar-refractivity contribution in [3.8, 4) is 5.75 Å². The van der Waals surface area contributed by atoms with Crippen molar-refractivity contribution in [1.82, 2.24) is 0 Å². The van der Waals surface area contributed by atoms with Gasteiger partial charge in [0.25, 0.3) is 0 Å². The van der Waals surface area contributed by atoms with Gasteiger partial charge in [0.2, 0.25) is 0 Å². The van der Waals surface area contributed by atoms with E-state index in [0.717, 1.165) is 38.1 Å². The summed E-state index contributed by atoms with van der Waals surface area (Å²) in [5, 5.41) is 0. The van der Waals surface area contributed by atoms with Crippen LogP contribution in [0.4, 0.5) is 5.69 Å². The van der Waals surface area contributed by atoms with Crippen molar-refractivity contribution in [2.75, 3.05) is 32.1 Å². The van der Waals surface area contributed by atoms with E-state index < -0.39 is 0 Å². The molecule has 2 N–H and O–H groups in total. The van der Waals surface area contributed by atoms with Gasteiger partial charge in [-0.3, -0.25) is 0 Å². The van der Waals surface area contributed by atoms with Gasteiger partial charge in [-0.25, -0.2) is 0 Å². The van der Waals surface area contributed by atoms with Gasteiger partial charge in [0.05, 0.1) is 7.11 Å². The Hall–Kier alpha value is -1.22. The Morgan fingerprint density at radius 3 is 2.94 bits per heavy atom. The minimum absolute atomic E-state index is 0.736. The lowest BCUT2D eigenvalue weighted by Crippen LogP contribution is -2.25. The third-order valence-corrected chi connectivity index (χ3v) is 3.50. The first-order chi connectivity index (χ1) is 8.27. The molecule has 0 unspecified atom stereocenters. The van der Waals surface area contributed by atoms with Gasteiger partial charge < -0.3 is 15.4 Å². The average Bonchev–Trinajstić information content (AvgIpc) is 2.36. The summed E-state index contributed by atoms with van der Waals surface area (Å²) in [5.41, 5.74) is 9.57. The topological polar surface area (TPSA) is 38.5 Å². The van der Waals surface area contributed by atoms with E-state index in [1.807, 2.05) is 0 Å². The Kier molecular flexibility index (Phi) is 3.89. The molecule has 1 aliphatic heterocycles. The minimum atomic E-state index is 0.736. The van der Waals surface area contributed by atoms with Gasteiger partial charge in [0, 0.05) is 24.8 Å². The van der Waals surface area contributed by atoms with E-state index in [1.165, 1.54) is 23.2 Å². The standard InChI is InChI=1S/C14H22N2O/c1-16-10-4-6-12-13(16)8-7-11(5-3-9-15)14(12)17-2/h7-8H,3-6,9-10,15H2,1-2H3. The van der Waals surface area contributed by atoms with Crippen LogP contribution >= 0.6 is 0 Å². The summed E-state index contributed by atoms with van der Waals surface area (Å²) in [5.74, 6) is 1.09. The van der Waals surface area contributed by atoms with Crippen LogP contribution in [0.5, 0.6) is 5.75 Å². The SMILES string of the molecule is COc1c(CCCN)ccc2c1CCCN2C. The number of aryl methyl sites for hydroxylation is 1. The van der Waals surface area contributed by atoms with Crippen molar-refractivity contribution in [3.63, 3.8) is 0 Å². The Morgan fingerprint density at radius 1 is 1.41 bits per heavy atom. The summed E-state index contributed by atoms with van der Waals surface area (Å²) in [6.45, 7) is 1.87. The van der Waals surface area contributed by atoms with Gasteiger partial charge >= 0.3 is 0 Å². The minimum Gasteiger partial charge on any atom is -0.496 e. The number of rotatable bonds is 4. The van der Waals surface area contributed by atoms with E-state index in [2.05, 4.69) is 24.1 Å². The maximum Gasteiger partial charge on any atom is 0.127 e. The highest BCUT2D eigenvalue weighted by Gasteiger charge is 2.19. The molecule has 2 rings (SSSR count). The lowest BCUT2D eigenvalue weighted by atomic mass is 9.96. The molecular formula is C14H22N2O. The maximum atomic E-state index is 5.62. The monoisotopic (exact) mass is 234 g/mol. The number of hydrogen-bond acceptors (Lipinski definition) is 3. The molecule has 3 nitrogen and oxygen atoms in total. The molecule has 0 aliphatic carbocycles. The molecule has 0 bridgehead atoms. The fraction of sp³-hybridized carbons (Fsp3) is 0.571. The largest absolute Gasteiger partial charge is 0.496 e. The van der Waals surface area contributed by atoms with Crippen LogP contribution in [0, 0.1) is 0 Å². The summed E-state index contributed by atoms with van der Waals surface area (Å²) in [6.07, 6.45) is 4.36. The van der Waals surface area contributed by atoms with Crippen LogP contribution in [0.1, 0.15) is 24.0 Å². The van der Waals surface area contributed by atoms with E-state index in [1.54, 1.807) is 7.11 Å². The van der Waals surface area contributed by atoms with Gasteiger partial charge in [0.1, 0.15) is 5.75 Å². The number of anilines is 1. The summed E-state index contributed by atoms with van der Waals surface area (Å²) in [4.78, 5) is 2.31. The van der Waals surface area contributed by atoms with Gasteiger partial charge in [-0.2, -0.15) is 0 Å². The smallest absolute Gasteiger partial charge is 0.127 e. The second-order valence-corrected chi connectivity index (χ2v) is 4.67.